The Kier molecular flexibility index (Phi) is 16.5. The number of non-ortho nitro benzene ring substituents is 1. The number of nitrogens with one attached hydrogen (secondary N) is 2. The van der Waals surface area contributed by atoms with Crippen LogP contribution in [-0.2, 0) is 19.1 Å². The van der Waals surface area contributed by atoms with Crippen LogP contribution in [0.3, 0.4) is 0 Å². The number of nitro benzene ring substituents is 1. The number of methoxy groups -OCH3 is 1. The summed E-state index contributed by atoms with van der Waals surface area (Å²) in [5.74, 6) is -2.07. The SMILES string of the molecule is C1CN2CCC12.CCC1CNCCN1CC(C)(C)COC(=O)C1=C(C)NC(C)=C(C(=O)OC)C1c1cccc([N+](=O)[O-])c1.Cl.Cl.Cl. The van der Waals surface area contributed by atoms with Crippen LogP contribution in [0.4, 0.5) is 5.69 Å². The van der Waals surface area contributed by atoms with Gasteiger partial charge in [0.05, 0.1) is 35.7 Å². The van der Waals surface area contributed by atoms with Crippen LogP contribution in [-0.4, -0.2) is 91.7 Å². The molecule has 4 aliphatic heterocycles. The van der Waals surface area contributed by atoms with Gasteiger partial charge >= 0.3 is 11.9 Å². The van der Waals surface area contributed by atoms with Crippen LogP contribution < -0.4 is 10.6 Å². The molecular formula is C32H50Cl3N5O6. The molecule has 3 fully saturated rings. The fourth-order valence-corrected chi connectivity index (χ4v) is 6.39. The number of dihydropyridines is 1. The third kappa shape index (κ3) is 9.81. The summed E-state index contributed by atoms with van der Waals surface area (Å²) < 4.78 is 10.9. The fourth-order valence-electron chi connectivity index (χ4n) is 6.39. The van der Waals surface area contributed by atoms with Crippen molar-refractivity contribution in [2.75, 3.05) is 53.0 Å². The van der Waals surface area contributed by atoms with Gasteiger partial charge in [0, 0.05) is 67.2 Å². The highest BCUT2D eigenvalue weighted by atomic mass is 35.5. The Bertz CT molecular complexity index is 1270. The van der Waals surface area contributed by atoms with Crippen LogP contribution in [0.5, 0.6) is 0 Å². The first-order valence-corrected chi connectivity index (χ1v) is 15.3. The minimum absolute atomic E-state index is 0. The van der Waals surface area contributed by atoms with E-state index in [1.165, 1.54) is 45.2 Å². The van der Waals surface area contributed by atoms with Gasteiger partial charge in [-0.05, 0) is 51.8 Å². The second kappa shape index (κ2) is 18.2. The number of fused-ring (bicyclic) bond motifs is 1. The van der Waals surface area contributed by atoms with Gasteiger partial charge in [-0.2, -0.15) is 0 Å². The molecule has 11 nitrogen and oxygen atoms in total. The molecule has 2 N–H and O–H groups in total. The summed E-state index contributed by atoms with van der Waals surface area (Å²) in [4.78, 5) is 42.3. The number of carbonyl (C=O) groups is 2. The number of hydrogen-bond acceptors (Lipinski definition) is 10. The Morgan fingerprint density at radius 1 is 1.04 bits per heavy atom. The Balaban J connectivity index is 0.00000104. The second-order valence-corrected chi connectivity index (χ2v) is 12.7. The van der Waals surface area contributed by atoms with E-state index in [0.717, 1.165) is 38.6 Å². The van der Waals surface area contributed by atoms with Crippen molar-refractivity contribution in [3.8, 4) is 0 Å². The highest BCUT2D eigenvalue weighted by Crippen LogP contribution is 2.40. The number of halogens is 3. The third-order valence-corrected chi connectivity index (χ3v) is 8.98. The van der Waals surface area contributed by atoms with E-state index in [9.17, 15) is 19.7 Å². The molecule has 1 aromatic rings. The van der Waals surface area contributed by atoms with Crippen LogP contribution >= 0.6 is 37.2 Å². The molecule has 46 heavy (non-hydrogen) atoms. The Hall–Kier alpha value is -2.41. The first-order chi connectivity index (χ1) is 20.5. The largest absolute Gasteiger partial charge is 0.466 e. The quantitative estimate of drug-likeness (QED) is 0.206. The molecule has 0 saturated carbocycles. The third-order valence-electron chi connectivity index (χ3n) is 8.98. The Labute approximate surface area is 291 Å². The van der Waals surface area contributed by atoms with Gasteiger partial charge in [-0.1, -0.05) is 32.9 Å². The van der Waals surface area contributed by atoms with Crippen LogP contribution in [0.15, 0.2) is 46.8 Å². The predicted molar refractivity (Wildman–Crippen MR) is 186 cm³/mol. The average molecular weight is 707 g/mol. The molecular weight excluding hydrogens is 657 g/mol. The number of piperazine rings is 1. The van der Waals surface area contributed by atoms with E-state index >= 15 is 0 Å². The van der Waals surface area contributed by atoms with Gasteiger partial charge < -0.3 is 25.0 Å². The number of rotatable bonds is 9. The van der Waals surface area contributed by atoms with Crippen molar-refractivity contribution in [3.05, 3.63) is 62.5 Å². The first kappa shape index (κ1) is 41.6. The maximum Gasteiger partial charge on any atom is 0.336 e. The highest BCUT2D eigenvalue weighted by Gasteiger charge is 2.39. The average Bonchev–Trinajstić information content (AvgIpc) is 2.97. The molecule has 2 unspecified atom stereocenters. The molecule has 0 bridgehead atoms. The zero-order chi connectivity index (χ0) is 31.3. The number of hydrogen-bond donors (Lipinski definition) is 2. The number of ether oxygens (including phenoxy) is 2. The molecule has 2 atom stereocenters. The van der Waals surface area contributed by atoms with Crippen molar-refractivity contribution < 1.29 is 24.0 Å². The van der Waals surface area contributed by atoms with Crippen LogP contribution in [0.1, 0.15) is 65.4 Å². The van der Waals surface area contributed by atoms with E-state index < -0.39 is 22.8 Å². The van der Waals surface area contributed by atoms with Crippen LogP contribution in [0, 0.1) is 15.5 Å². The molecule has 1 aromatic carbocycles. The molecule has 5 rings (SSSR count). The molecule has 0 aromatic heterocycles. The molecule has 4 aliphatic rings. The van der Waals surface area contributed by atoms with E-state index in [1.807, 2.05) is 0 Å². The Morgan fingerprint density at radius 2 is 1.65 bits per heavy atom. The van der Waals surface area contributed by atoms with Gasteiger partial charge in [-0.25, -0.2) is 9.59 Å². The lowest BCUT2D eigenvalue weighted by Crippen LogP contribution is -2.57. The highest BCUT2D eigenvalue weighted by molar-refractivity contribution is 5.99. The number of benzene rings is 1. The number of nitrogens with zero attached hydrogens (tertiary/aromatic N) is 3. The molecule has 3 saturated heterocycles. The van der Waals surface area contributed by atoms with Crippen molar-refractivity contribution in [2.45, 2.75) is 71.9 Å². The van der Waals surface area contributed by atoms with E-state index in [4.69, 9.17) is 9.47 Å². The number of allylic oxidation sites excluding steroid dienone is 2. The molecule has 0 amide bonds. The van der Waals surface area contributed by atoms with Crippen LogP contribution in [0.25, 0.3) is 0 Å². The smallest absolute Gasteiger partial charge is 0.336 e. The fraction of sp³-hybridized carbons (Fsp3) is 0.625. The van der Waals surface area contributed by atoms with Gasteiger partial charge in [0.1, 0.15) is 0 Å². The van der Waals surface area contributed by atoms with Crippen molar-refractivity contribution in [1.29, 1.82) is 0 Å². The summed E-state index contributed by atoms with van der Waals surface area (Å²) in [7, 11) is 1.26. The normalized spacial score (nSPS) is 21.3. The minimum atomic E-state index is -0.873. The van der Waals surface area contributed by atoms with Crippen molar-refractivity contribution >= 4 is 54.8 Å². The van der Waals surface area contributed by atoms with E-state index in [1.54, 1.807) is 26.0 Å². The predicted octanol–water partition coefficient (Wildman–Crippen LogP) is 4.99. The minimum Gasteiger partial charge on any atom is -0.466 e. The van der Waals surface area contributed by atoms with Crippen molar-refractivity contribution in [3.63, 3.8) is 0 Å². The summed E-state index contributed by atoms with van der Waals surface area (Å²) in [5.41, 5.74) is 1.48. The van der Waals surface area contributed by atoms with Crippen molar-refractivity contribution in [1.82, 2.24) is 20.4 Å². The molecule has 4 heterocycles. The van der Waals surface area contributed by atoms with E-state index in [2.05, 4.69) is 41.2 Å². The molecule has 14 heteroatoms. The molecule has 0 spiro atoms. The zero-order valence-electron chi connectivity index (χ0n) is 27.6. The zero-order valence-corrected chi connectivity index (χ0v) is 30.1. The summed E-state index contributed by atoms with van der Waals surface area (Å²) in [6.45, 7) is 16.3. The topological polar surface area (TPSA) is 126 Å². The van der Waals surface area contributed by atoms with Gasteiger partial charge in [0.25, 0.3) is 5.69 Å². The molecule has 0 aliphatic carbocycles. The number of nitro groups is 1. The lowest BCUT2D eigenvalue weighted by Gasteiger charge is -2.50. The van der Waals surface area contributed by atoms with Gasteiger partial charge in [-0.15, -0.1) is 37.2 Å². The number of esters is 2. The van der Waals surface area contributed by atoms with Crippen LogP contribution in [0.2, 0.25) is 0 Å². The molecule has 0 radical (unpaired) electrons. The van der Waals surface area contributed by atoms with Gasteiger partial charge in [0.2, 0.25) is 0 Å². The lowest BCUT2D eigenvalue weighted by molar-refractivity contribution is -0.384. The van der Waals surface area contributed by atoms with E-state index in [0.29, 0.717) is 23.0 Å². The summed E-state index contributed by atoms with van der Waals surface area (Å²) in [5, 5.41) is 18.0. The summed E-state index contributed by atoms with van der Waals surface area (Å²) in [6, 6.07) is 7.44. The standard InChI is InChI=1S/C27H38N4O6.C5H9N.3ClH/c1-7-20-14-28-11-12-30(20)15-27(4,5)16-37-26(33)23-18(3)29-17(2)22(25(32)36-6)24(23)19-9-8-10-21(13-19)31(34)35;1-3-6-4-2-5(1)6;;;/h8-10,13,20,24,28-29H,7,11-12,14-16H2,1-6H3;5H,1-4H2;3*1H. The van der Waals surface area contributed by atoms with Crippen molar-refractivity contribution in [2.24, 2.45) is 5.41 Å². The second-order valence-electron chi connectivity index (χ2n) is 12.7. The maximum absolute atomic E-state index is 13.6. The monoisotopic (exact) mass is 705 g/mol. The molecule has 260 valence electrons. The van der Waals surface area contributed by atoms with Gasteiger partial charge in [0.15, 0.2) is 0 Å². The Morgan fingerprint density at radius 3 is 2.15 bits per heavy atom. The summed E-state index contributed by atoms with van der Waals surface area (Å²) >= 11 is 0. The lowest BCUT2D eigenvalue weighted by atomic mass is 9.80. The maximum atomic E-state index is 13.6. The number of carbonyl (C=O) groups excluding carboxylic acids is 2. The van der Waals surface area contributed by atoms with E-state index in [-0.39, 0.29) is 66.1 Å². The first-order valence-electron chi connectivity index (χ1n) is 15.3. The number of piperidine rings is 1. The van der Waals surface area contributed by atoms with Gasteiger partial charge in [-0.3, -0.25) is 15.0 Å². The summed E-state index contributed by atoms with van der Waals surface area (Å²) in [6.07, 6.45) is 4.01.